The van der Waals surface area contributed by atoms with Crippen molar-refractivity contribution in [2.75, 3.05) is 13.6 Å². The highest BCUT2D eigenvalue weighted by Crippen LogP contribution is 2.29. The van der Waals surface area contributed by atoms with Crippen molar-refractivity contribution in [3.8, 4) is 0 Å². The third-order valence-electron chi connectivity index (χ3n) is 4.83. The summed E-state index contributed by atoms with van der Waals surface area (Å²) in [4.78, 5) is 38.4. The van der Waals surface area contributed by atoms with Gasteiger partial charge in [0, 0.05) is 48.7 Å². The normalized spacial score (nSPS) is 12.9. The summed E-state index contributed by atoms with van der Waals surface area (Å²) in [6, 6.07) is 14.1. The average Bonchev–Trinajstić information content (AvgIpc) is 3.57. The Morgan fingerprint density at radius 1 is 0.966 bits per heavy atom. The summed E-state index contributed by atoms with van der Waals surface area (Å²) in [6.45, 7) is 0.780. The number of rotatable bonds is 8. The van der Waals surface area contributed by atoms with Crippen LogP contribution in [0, 0.1) is 0 Å². The van der Waals surface area contributed by atoms with E-state index in [1.54, 1.807) is 43.4 Å². The molecule has 0 saturated heterocycles. The predicted octanol–water partition coefficient (Wildman–Crippen LogP) is 3.01. The first kappa shape index (κ1) is 20.9. The number of halogens is 1. The largest absolute Gasteiger partial charge is 0.355 e. The van der Waals surface area contributed by atoms with Gasteiger partial charge >= 0.3 is 0 Å². The molecule has 0 aromatic heterocycles. The molecular formula is C22H24ClN3O3. The van der Waals surface area contributed by atoms with Gasteiger partial charge in [-0.25, -0.2) is 0 Å². The molecule has 6 nitrogen and oxygen atoms in total. The molecule has 1 aliphatic carbocycles. The Kier molecular flexibility index (Phi) is 6.88. The minimum atomic E-state index is -0.225. The molecule has 1 fully saturated rings. The van der Waals surface area contributed by atoms with Gasteiger partial charge in [-0.05, 0) is 54.8 Å². The van der Waals surface area contributed by atoms with Gasteiger partial charge in [-0.2, -0.15) is 0 Å². The quantitative estimate of drug-likeness (QED) is 0.698. The van der Waals surface area contributed by atoms with Gasteiger partial charge in [0.2, 0.25) is 5.91 Å². The summed E-state index contributed by atoms with van der Waals surface area (Å²) in [7, 11) is 1.59. The summed E-state index contributed by atoms with van der Waals surface area (Å²) in [6.07, 6.45) is 2.24. The van der Waals surface area contributed by atoms with Crippen LogP contribution in [0.4, 0.5) is 0 Å². The van der Waals surface area contributed by atoms with Gasteiger partial charge in [0.15, 0.2) is 0 Å². The molecule has 0 radical (unpaired) electrons. The minimum Gasteiger partial charge on any atom is -0.355 e. The van der Waals surface area contributed by atoms with Crippen LogP contribution in [0.2, 0.25) is 5.02 Å². The van der Waals surface area contributed by atoms with Crippen molar-refractivity contribution >= 4 is 29.3 Å². The van der Waals surface area contributed by atoms with E-state index in [9.17, 15) is 14.4 Å². The lowest BCUT2D eigenvalue weighted by Gasteiger charge is -2.23. The lowest BCUT2D eigenvalue weighted by Crippen LogP contribution is -2.35. The topological polar surface area (TPSA) is 78.5 Å². The van der Waals surface area contributed by atoms with Gasteiger partial charge in [0.1, 0.15) is 0 Å². The molecule has 1 saturated carbocycles. The summed E-state index contributed by atoms with van der Waals surface area (Å²) >= 11 is 5.83. The van der Waals surface area contributed by atoms with Crippen molar-refractivity contribution in [1.29, 1.82) is 0 Å². The van der Waals surface area contributed by atoms with Crippen molar-refractivity contribution in [3.05, 3.63) is 70.2 Å². The first-order valence-electron chi connectivity index (χ1n) is 9.62. The zero-order valence-electron chi connectivity index (χ0n) is 16.3. The molecule has 7 heteroatoms. The van der Waals surface area contributed by atoms with E-state index in [2.05, 4.69) is 10.6 Å². The van der Waals surface area contributed by atoms with E-state index >= 15 is 0 Å². The van der Waals surface area contributed by atoms with Gasteiger partial charge in [-0.15, -0.1) is 0 Å². The fourth-order valence-corrected chi connectivity index (χ4v) is 3.17. The van der Waals surface area contributed by atoms with Gasteiger partial charge < -0.3 is 15.5 Å². The molecule has 0 heterocycles. The number of carbonyl (C=O) groups is 3. The van der Waals surface area contributed by atoms with E-state index in [0.29, 0.717) is 22.7 Å². The lowest BCUT2D eigenvalue weighted by atomic mass is 10.1. The Balaban J connectivity index is 1.52. The molecule has 0 unspecified atom stereocenters. The van der Waals surface area contributed by atoms with Crippen molar-refractivity contribution in [2.45, 2.75) is 31.8 Å². The van der Waals surface area contributed by atoms with Crippen LogP contribution in [-0.4, -0.2) is 42.3 Å². The van der Waals surface area contributed by atoms with E-state index in [1.807, 2.05) is 17.0 Å². The number of benzene rings is 2. The Morgan fingerprint density at radius 2 is 1.55 bits per heavy atom. The number of carbonyl (C=O) groups excluding carboxylic acids is 3. The van der Waals surface area contributed by atoms with E-state index in [4.69, 9.17) is 11.6 Å². The molecule has 0 atom stereocenters. The Bertz CT molecular complexity index is 877. The molecule has 3 amide bonds. The van der Waals surface area contributed by atoms with E-state index in [-0.39, 0.29) is 36.7 Å². The van der Waals surface area contributed by atoms with Crippen LogP contribution in [0.15, 0.2) is 48.5 Å². The smallest absolute Gasteiger partial charge is 0.251 e. The number of hydrogen-bond donors (Lipinski definition) is 2. The molecule has 0 aliphatic heterocycles. The fraction of sp³-hybridized carbons (Fsp3) is 0.318. The molecule has 2 N–H and O–H groups in total. The third kappa shape index (κ3) is 5.81. The molecule has 1 aliphatic rings. The molecule has 29 heavy (non-hydrogen) atoms. The highest BCUT2D eigenvalue weighted by Gasteiger charge is 2.32. The second-order valence-corrected chi connectivity index (χ2v) is 7.48. The molecular weight excluding hydrogens is 390 g/mol. The van der Waals surface area contributed by atoms with Crippen LogP contribution in [0.3, 0.4) is 0 Å². The molecule has 2 aromatic rings. The Labute approximate surface area is 175 Å². The lowest BCUT2D eigenvalue weighted by molar-refractivity contribution is -0.132. The molecule has 2 aromatic carbocycles. The van der Waals surface area contributed by atoms with Gasteiger partial charge in [0.05, 0.1) is 0 Å². The van der Waals surface area contributed by atoms with Crippen LogP contribution < -0.4 is 10.6 Å². The van der Waals surface area contributed by atoms with Crippen LogP contribution in [0.25, 0.3) is 0 Å². The van der Waals surface area contributed by atoms with Gasteiger partial charge in [-0.1, -0.05) is 23.7 Å². The van der Waals surface area contributed by atoms with Gasteiger partial charge in [0.25, 0.3) is 11.8 Å². The average molecular weight is 414 g/mol. The highest BCUT2D eigenvalue weighted by atomic mass is 35.5. The first-order chi connectivity index (χ1) is 14.0. The SMILES string of the molecule is CNC(=O)c1ccc(CN(C(=O)CCNC(=O)c2ccc(Cl)cc2)C2CC2)cc1. The summed E-state index contributed by atoms with van der Waals surface area (Å²) in [5.41, 5.74) is 2.07. The highest BCUT2D eigenvalue weighted by molar-refractivity contribution is 6.30. The van der Waals surface area contributed by atoms with Crippen molar-refractivity contribution in [3.63, 3.8) is 0 Å². The summed E-state index contributed by atoms with van der Waals surface area (Å²) < 4.78 is 0. The fourth-order valence-electron chi connectivity index (χ4n) is 3.04. The number of nitrogens with one attached hydrogen (secondary N) is 2. The molecule has 152 valence electrons. The van der Waals surface area contributed by atoms with Gasteiger partial charge in [-0.3, -0.25) is 14.4 Å². The summed E-state index contributed by atoms with van der Waals surface area (Å²) in [5, 5.41) is 5.94. The van der Waals surface area contributed by atoms with E-state index in [0.717, 1.165) is 18.4 Å². The second-order valence-electron chi connectivity index (χ2n) is 7.04. The standard InChI is InChI=1S/C22H24ClN3O3/c1-24-21(28)16-4-2-15(3-5-16)14-26(19-10-11-19)20(27)12-13-25-22(29)17-6-8-18(23)9-7-17/h2-9,19H,10-14H2,1H3,(H,24,28)(H,25,29). The zero-order chi connectivity index (χ0) is 20.8. The molecule has 0 bridgehead atoms. The Hall–Kier alpha value is -2.86. The first-order valence-corrected chi connectivity index (χ1v) is 10.00. The maximum Gasteiger partial charge on any atom is 0.251 e. The maximum absolute atomic E-state index is 12.7. The van der Waals surface area contributed by atoms with E-state index in [1.165, 1.54) is 0 Å². The second kappa shape index (κ2) is 9.56. The van der Waals surface area contributed by atoms with Crippen LogP contribution >= 0.6 is 11.6 Å². The minimum absolute atomic E-state index is 0.0132. The maximum atomic E-state index is 12.7. The van der Waals surface area contributed by atoms with Crippen molar-refractivity contribution in [2.24, 2.45) is 0 Å². The van der Waals surface area contributed by atoms with E-state index < -0.39 is 0 Å². The predicted molar refractivity (Wildman–Crippen MR) is 112 cm³/mol. The monoisotopic (exact) mass is 413 g/mol. The Morgan fingerprint density at radius 3 is 2.14 bits per heavy atom. The number of amides is 3. The van der Waals surface area contributed by atoms with Crippen LogP contribution in [-0.2, 0) is 11.3 Å². The number of nitrogens with zero attached hydrogens (tertiary/aromatic N) is 1. The van der Waals surface area contributed by atoms with Crippen LogP contribution in [0.5, 0.6) is 0 Å². The van der Waals surface area contributed by atoms with Crippen molar-refractivity contribution < 1.29 is 14.4 Å². The van der Waals surface area contributed by atoms with Crippen molar-refractivity contribution in [1.82, 2.24) is 15.5 Å². The molecule has 3 rings (SSSR count). The molecule has 0 spiro atoms. The summed E-state index contributed by atoms with van der Waals surface area (Å²) in [5.74, 6) is -0.348. The zero-order valence-corrected chi connectivity index (χ0v) is 17.0. The number of hydrogen-bond acceptors (Lipinski definition) is 3. The third-order valence-corrected chi connectivity index (χ3v) is 5.09. The van der Waals surface area contributed by atoms with Crippen LogP contribution in [0.1, 0.15) is 45.5 Å².